The van der Waals surface area contributed by atoms with Crippen molar-refractivity contribution in [2.75, 3.05) is 6.54 Å². The predicted octanol–water partition coefficient (Wildman–Crippen LogP) is 2.95. The second-order valence-corrected chi connectivity index (χ2v) is 6.25. The average molecular weight is 361 g/mol. The maximum Gasteiger partial charge on any atom is 0.269 e. The highest BCUT2D eigenvalue weighted by atomic mass is 16.3. The molecule has 0 aliphatic rings. The molecule has 0 bridgehead atoms. The second-order valence-electron chi connectivity index (χ2n) is 6.25. The zero-order valence-electron chi connectivity index (χ0n) is 14.6. The Labute approximate surface area is 155 Å². The maximum absolute atomic E-state index is 12.3. The van der Waals surface area contributed by atoms with Gasteiger partial charge in [0.25, 0.3) is 5.91 Å². The van der Waals surface area contributed by atoms with Gasteiger partial charge < -0.3 is 10.4 Å². The number of hydrogen-bond donors (Lipinski definition) is 3. The lowest BCUT2D eigenvalue weighted by atomic mass is 10.1. The number of aromatic amines is 1. The number of carbonyl (C=O) groups excluding carboxylic acids is 1. The van der Waals surface area contributed by atoms with E-state index >= 15 is 0 Å². The van der Waals surface area contributed by atoms with E-state index in [0.29, 0.717) is 17.9 Å². The van der Waals surface area contributed by atoms with E-state index in [0.717, 1.165) is 29.4 Å². The Kier molecular flexibility index (Phi) is 4.57. The van der Waals surface area contributed by atoms with Gasteiger partial charge >= 0.3 is 0 Å². The van der Waals surface area contributed by atoms with E-state index in [9.17, 15) is 9.90 Å². The number of H-pyrrole nitrogens is 1. The molecule has 4 rings (SSSR count). The number of aryl methyl sites for hydroxylation is 1. The number of hydrogen-bond acceptors (Lipinski definition) is 4. The van der Waals surface area contributed by atoms with Crippen LogP contribution in [0, 0.1) is 0 Å². The Bertz CT molecular complexity index is 1070. The minimum absolute atomic E-state index is 0.192. The number of para-hydroxylation sites is 1. The molecule has 136 valence electrons. The van der Waals surface area contributed by atoms with Crippen LogP contribution >= 0.6 is 0 Å². The van der Waals surface area contributed by atoms with Crippen molar-refractivity contribution in [3.63, 3.8) is 0 Å². The van der Waals surface area contributed by atoms with Gasteiger partial charge in [-0.25, -0.2) is 0 Å². The molecule has 0 aliphatic carbocycles. The number of fused-ring (bicyclic) bond motifs is 1. The molecule has 0 unspecified atom stereocenters. The van der Waals surface area contributed by atoms with Crippen LogP contribution < -0.4 is 5.32 Å². The van der Waals surface area contributed by atoms with Crippen LogP contribution in [0.5, 0.6) is 5.75 Å². The highest BCUT2D eigenvalue weighted by Crippen LogP contribution is 2.20. The third-order valence-electron chi connectivity index (χ3n) is 4.37. The summed E-state index contributed by atoms with van der Waals surface area (Å²) in [5.74, 6) is -0.00457. The zero-order chi connectivity index (χ0) is 18.6. The average Bonchev–Trinajstić information content (AvgIpc) is 3.33. The Morgan fingerprint density at radius 2 is 1.96 bits per heavy atom. The summed E-state index contributed by atoms with van der Waals surface area (Å²) in [6.45, 7) is 1.27. The van der Waals surface area contributed by atoms with E-state index in [2.05, 4.69) is 20.6 Å². The first-order chi connectivity index (χ1) is 13.2. The van der Waals surface area contributed by atoms with Crippen LogP contribution in [0.25, 0.3) is 22.2 Å². The van der Waals surface area contributed by atoms with Crippen molar-refractivity contribution in [1.29, 1.82) is 0 Å². The molecule has 2 heterocycles. The number of phenols is 1. The predicted molar refractivity (Wildman–Crippen MR) is 102 cm³/mol. The number of aromatic nitrogens is 4. The largest absolute Gasteiger partial charge is 0.508 e. The van der Waals surface area contributed by atoms with E-state index in [-0.39, 0.29) is 11.7 Å². The summed E-state index contributed by atoms with van der Waals surface area (Å²) >= 11 is 0. The lowest BCUT2D eigenvalue weighted by Gasteiger charge is -2.05. The van der Waals surface area contributed by atoms with Crippen LogP contribution in [0.2, 0.25) is 0 Å². The molecule has 2 aromatic carbocycles. The van der Waals surface area contributed by atoms with Gasteiger partial charge in [-0.15, -0.1) is 0 Å². The minimum Gasteiger partial charge on any atom is -0.508 e. The van der Waals surface area contributed by atoms with Crippen LogP contribution in [0.1, 0.15) is 16.9 Å². The van der Waals surface area contributed by atoms with E-state index in [4.69, 9.17) is 0 Å². The molecule has 1 amide bonds. The Hall–Kier alpha value is -3.61. The summed E-state index contributed by atoms with van der Waals surface area (Å²) in [6.07, 6.45) is 2.62. The van der Waals surface area contributed by atoms with Gasteiger partial charge in [-0.2, -0.15) is 10.2 Å². The molecule has 0 aliphatic heterocycles. The van der Waals surface area contributed by atoms with Crippen molar-refractivity contribution >= 4 is 16.8 Å². The molecule has 0 atom stereocenters. The van der Waals surface area contributed by atoms with Crippen LogP contribution in [-0.2, 0) is 6.54 Å². The number of aromatic hydroxyl groups is 1. The Morgan fingerprint density at radius 1 is 1.15 bits per heavy atom. The van der Waals surface area contributed by atoms with Crippen molar-refractivity contribution < 1.29 is 9.90 Å². The van der Waals surface area contributed by atoms with Crippen LogP contribution in [0.3, 0.4) is 0 Å². The molecular weight excluding hydrogens is 342 g/mol. The maximum atomic E-state index is 12.3. The van der Waals surface area contributed by atoms with Gasteiger partial charge in [0, 0.05) is 24.0 Å². The molecule has 27 heavy (non-hydrogen) atoms. The van der Waals surface area contributed by atoms with Crippen molar-refractivity contribution in [3.8, 4) is 17.0 Å². The topological polar surface area (TPSA) is 95.8 Å². The number of rotatable bonds is 6. The molecule has 7 nitrogen and oxygen atoms in total. The van der Waals surface area contributed by atoms with Crippen LogP contribution in [0.4, 0.5) is 0 Å². The van der Waals surface area contributed by atoms with E-state index in [1.165, 1.54) is 0 Å². The highest BCUT2D eigenvalue weighted by molar-refractivity contribution is 5.93. The summed E-state index contributed by atoms with van der Waals surface area (Å²) in [6, 6.07) is 16.4. The summed E-state index contributed by atoms with van der Waals surface area (Å²) in [5.41, 5.74) is 2.98. The number of phenolic OH excluding ortho intramolecular Hbond substituents is 1. The number of benzene rings is 2. The molecular formula is C20H19N5O2. The first-order valence-corrected chi connectivity index (χ1v) is 8.74. The molecule has 0 fully saturated rings. The SMILES string of the molecule is O=C(NCCCn1ncc2ccccc21)c1cc(-c2ccc(O)cc2)n[nH]1. The van der Waals surface area contributed by atoms with Gasteiger partial charge in [-0.3, -0.25) is 14.6 Å². The molecule has 0 saturated heterocycles. The first kappa shape index (κ1) is 16.8. The van der Waals surface area contributed by atoms with E-state index < -0.39 is 0 Å². The van der Waals surface area contributed by atoms with Crippen LogP contribution in [-0.4, -0.2) is 37.5 Å². The standard InChI is InChI=1S/C20H19N5O2/c26-16-8-6-14(7-9-16)17-12-18(24-23-17)20(27)21-10-3-11-25-19-5-2-1-4-15(19)13-22-25/h1-2,4-9,12-13,26H,3,10-11H2,(H,21,27)(H,23,24). The quantitative estimate of drug-likeness (QED) is 0.460. The Morgan fingerprint density at radius 3 is 2.81 bits per heavy atom. The number of nitrogens with zero attached hydrogens (tertiary/aromatic N) is 3. The molecule has 7 heteroatoms. The Balaban J connectivity index is 1.31. The lowest BCUT2D eigenvalue weighted by Crippen LogP contribution is -2.25. The van der Waals surface area contributed by atoms with E-state index in [1.807, 2.05) is 35.1 Å². The minimum atomic E-state index is -0.196. The fourth-order valence-corrected chi connectivity index (χ4v) is 2.95. The fourth-order valence-electron chi connectivity index (χ4n) is 2.95. The zero-order valence-corrected chi connectivity index (χ0v) is 14.6. The number of nitrogens with one attached hydrogen (secondary N) is 2. The molecule has 0 saturated carbocycles. The van der Waals surface area contributed by atoms with Gasteiger partial charge in [0.1, 0.15) is 11.4 Å². The highest BCUT2D eigenvalue weighted by Gasteiger charge is 2.11. The molecule has 2 aromatic heterocycles. The van der Waals surface area contributed by atoms with Gasteiger partial charge in [-0.05, 0) is 42.8 Å². The van der Waals surface area contributed by atoms with Crippen molar-refractivity contribution in [2.24, 2.45) is 0 Å². The van der Waals surface area contributed by atoms with Gasteiger partial charge in [0.2, 0.25) is 0 Å². The lowest BCUT2D eigenvalue weighted by molar-refractivity contribution is 0.0947. The monoisotopic (exact) mass is 361 g/mol. The summed E-state index contributed by atoms with van der Waals surface area (Å²) in [7, 11) is 0. The molecule has 3 N–H and O–H groups in total. The van der Waals surface area contributed by atoms with Crippen LogP contribution in [0.15, 0.2) is 60.8 Å². The summed E-state index contributed by atoms with van der Waals surface area (Å²) in [4.78, 5) is 12.3. The van der Waals surface area contributed by atoms with Crippen molar-refractivity contribution in [2.45, 2.75) is 13.0 Å². The number of amides is 1. The second kappa shape index (κ2) is 7.33. The fraction of sp³-hybridized carbons (Fsp3) is 0.150. The van der Waals surface area contributed by atoms with E-state index in [1.54, 1.807) is 30.3 Å². The molecule has 0 radical (unpaired) electrons. The van der Waals surface area contributed by atoms with Crippen molar-refractivity contribution in [3.05, 3.63) is 66.5 Å². The third kappa shape index (κ3) is 3.67. The smallest absolute Gasteiger partial charge is 0.269 e. The van der Waals surface area contributed by atoms with Gasteiger partial charge in [-0.1, -0.05) is 18.2 Å². The van der Waals surface area contributed by atoms with Gasteiger partial charge in [0.05, 0.1) is 17.4 Å². The first-order valence-electron chi connectivity index (χ1n) is 8.74. The summed E-state index contributed by atoms with van der Waals surface area (Å²) < 4.78 is 1.95. The number of carbonyl (C=O) groups is 1. The normalized spacial score (nSPS) is 11.0. The molecule has 0 spiro atoms. The molecule has 4 aromatic rings. The third-order valence-corrected chi connectivity index (χ3v) is 4.37. The summed E-state index contributed by atoms with van der Waals surface area (Å²) in [5, 5.41) is 24.6. The van der Waals surface area contributed by atoms with Gasteiger partial charge in [0.15, 0.2) is 0 Å². The van der Waals surface area contributed by atoms with Crippen molar-refractivity contribution in [1.82, 2.24) is 25.3 Å².